The molecule has 1 fully saturated rings. The van der Waals surface area contributed by atoms with Gasteiger partial charge in [0.05, 0.1) is 0 Å². The molecule has 2 unspecified atom stereocenters. The zero-order valence-corrected chi connectivity index (χ0v) is 8.03. The van der Waals surface area contributed by atoms with Crippen molar-refractivity contribution in [1.29, 1.82) is 0 Å². The van der Waals surface area contributed by atoms with Crippen LogP contribution in [0.25, 0.3) is 0 Å². The van der Waals surface area contributed by atoms with Crippen molar-refractivity contribution in [2.24, 2.45) is 0 Å². The summed E-state index contributed by atoms with van der Waals surface area (Å²) >= 11 is 0. The van der Waals surface area contributed by atoms with Gasteiger partial charge in [-0.2, -0.15) is 0 Å². The maximum atomic E-state index is 11.5. The third kappa shape index (κ3) is 1.75. The maximum Gasteiger partial charge on any atom is 0.241 e. The summed E-state index contributed by atoms with van der Waals surface area (Å²) in [6.45, 7) is 2.73. The van der Waals surface area contributed by atoms with Crippen LogP contribution in [0.5, 0.6) is 0 Å². The summed E-state index contributed by atoms with van der Waals surface area (Å²) in [5, 5.41) is 6.08. The van der Waals surface area contributed by atoms with Gasteiger partial charge in [0, 0.05) is 25.0 Å². The second kappa shape index (κ2) is 3.75. The van der Waals surface area contributed by atoms with E-state index in [-0.39, 0.29) is 11.9 Å². The fraction of sp³-hybridized carbons (Fsp3) is 0.400. The molecule has 2 heterocycles. The van der Waals surface area contributed by atoms with Gasteiger partial charge in [-0.05, 0) is 18.6 Å². The van der Waals surface area contributed by atoms with Crippen LogP contribution >= 0.6 is 0 Å². The summed E-state index contributed by atoms with van der Waals surface area (Å²) < 4.78 is 0. The van der Waals surface area contributed by atoms with E-state index in [1.807, 2.05) is 19.1 Å². The summed E-state index contributed by atoms with van der Waals surface area (Å²) in [7, 11) is 0. The maximum absolute atomic E-state index is 11.5. The lowest BCUT2D eigenvalue weighted by atomic mass is 10.1. The van der Waals surface area contributed by atoms with E-state index >= 15 is 0 Å². The summed E-state index contributed by atoms with van der Waals surface area (Å²) in [5.41, 5.74) is 0.913. The summed E-state index contributed by atoms with van der Waals surface area (Å²) in [6, 6.07) is 3.79. The Morgan fingerprint density at radius 2 is 2.43 bits per heavy atom. The van der Waals surface area contributed by atoms with Crippen molar-refractivity contribution >= 4 is 5.91 Å². The highest BCUT2D eigenvalue weighted by atomic mass is 16.2. The van der Waals surface area contributed by atoms with Gasteiger partial charge in [0.15, 0.2) is 0 Å². The fourth-order valence-corrected chi connectivity index (χ4v) is 1.57. The SMILES string of the molecule is CC1CNC(=O)C(c2cccnc2)N1. The molecule has 0 spiro atoms. The van der Waals surface area contributed by atoms with E-state index in [9.17, 15) is 4.79 Å². The van der Waals surface area contributed by atoms with Crippen LogP contribution in [0.2, 0.25) is 0 Å². The number of nitrogens with zero attached hydrogens (tertiary/aromatic N) is 1. The molecule has 4 nitrogen and oxygen atoms in total. The molecule has 0 saturated carbocycles. The van der Waals surface area contributed by atoms with Crippen molar-refractivity contribution < 1.29 is 4.79 Å². The molecule has 0 aliphatic carbocycles. The van der Waals surface area contributed by atoms with E-state index in [4.69, 9.17) is 0 Å². The smallest absolute Gasteiger partial charge is 0.241 e. The number of aromatic nitrogens is 1. The zero-order chi connectivity index (χ0) is 9.97. The average Bonchev–Trinajstić information content (AvgIpc) is 2.23. The van der Waals surface area contributed by atoms with Crippen molar-refractivity contribution in [3.8, 4) is 0 Å². The fourth-order valence-electron chi connectivity index (χ4n) is 1.57. The van der Waals surface area contributed by atoms with Crippen LogP contribution in [0.3, 0.4) is 0 Å². The molecule has 0 bridgehead atoms. The molecule has 14 heavy (non-hydrogen) atoms. The Morgan fingerprint density at radius 3 is 3.14 bits per heavy atom. The Kier molecular flexibility index (Phi) is 2.45. The van der Waals surface area contributed by atoms with Gasteiger partial charge >= 0.3 is 0 Å². The van der Waals surface area contributed by atoms with Crippen molar-refractivity contribution in [2.75, 3.05) is 6.54 Å². The van der Waals surface area contributed by atoms with Gasteiger partial charge in [-0.1, -0.05) is 6.07 Å². The molecule has 74 valence electrons. The molecule has 2 rings (SSSR count). The highest BCUT2D eigenvalue weighted by Gasteiger charge is 2.26. The normalized spacial score (nSPS) is 27.1. The molecule has 2 atom stereocenters. The van der Waals surface area contributed by atoms with Crippen molar-refractivity contribution in [3.63, 3.8) is 0 Å². The lowest BCUT2D eigenvalue weighted by Crippen LogP contribution is -2.52. The van der Waals surface area contributed by atoms with E-state index in [1.165, 1.54) is 0 Å². The van der Waals surface area contributed by atoms with Gasteiger partial charge in [-0.15, -0.1) is 0 Å². The van der Waals surface area contributed by atoms with E-state index in [1.54, 1.807) is 12.4 Å². The van der Waals surface area contributed by atoms with Crippen molar-refractivity contribution in [1.82, 2.24) is 15.6 Å². The monoisotopic (exact) mass is 191 g/mol. The number of carbonyl (C=O) groups is 1. The highest BCUT2D eigenvalue weighted by molar-refractivity contribution is 5.83. The minimum Gasteiger partial charge on any atom is -0.353 e. The van der Waals surface area contributed by atoms with Crippen LogP contribution in [0.4, 0.5) is 0 Å². The Labute approximate surface area is 82.7 Å². The van der Waals surface area contributed by atoms with Gasteiger partial charge in [-0.3, -0.25) is 15.1 Å². The minimum absolute atomic E-state index is 0.0242. The molecule has 0 radical (unpaired) electrons. The van der Waals surface area contributed by atoms with Crippen LogP contribution in [0, 0.1) is 0 Å². The number of pyridine rings is 1. The third-order valence-corrected chi connectivity index (χ3v) is 2.31. The molecular weight excluding hydrogens is 178 g/mol. The summed E-state index contributed by atoms with van der Waals surface area (Å²) in [4.78, 5) is 15.5. The van der Waals surface area contributed by atoms with Crippen LogP contribution in [-0.2, 0) is 4.79 Å². The van der Waals surface area contributed by atoms with Crippen LogP contribution < -0.4 is 10.6 Å². The number of nitrogens with one attached hydrogen (secondary N) is 2. The molecule has 1 aromatic rings. The Morgan fingerprint density at radius 1 is 1.57 bits per heavy atom. The molecule has 1 amide bonds. The third-order valence-electron chi connectivity index (χ3n) is 2.31. The molecule has 4 heteroatoms. The molecule has 0 aromatic carbocycles. The number of hydrogen-bond donors (Lipinski definition) is 2. The van der Waals surface area contributed by atoms with Crippen LogP contribution in [0.1, 0.15) is 18.5 Å². The van der Waals surface area contributed by atoms with Gasteiger partial charge in [0.1, 0.15) is 6.04 Å². The first-order chi connectivity index (χ1) is 6.77. The Balaban J connectivity index is 2.20. The Bertz CT molecular complexity index is 325. The first-order valence-corrected chi connectivity index (χ1v) is 4.71. The predicted octanol–water partition coefficient (Wildman–Crippen LogP) is 0.231. The molecule has 1 aliphatic heterocycles. The molecule has 1 aliphatic rings. The van der Waals surface area contributed by atoms with Crippen molar-refractivity contribution in [3.05, 3.63) is 30.1 Å². The quantitative estimate of drug-likeness (QED) is 0.668. The van der Waals surface area contributed by atoms with Gasteiger partial charge in [0.2, 0.25) is 5.91 Å². The number of piperazine rings is 1. The number of amides is 1. The summed E-state index contributed by atoms with van der Waals surface area (Å²) in [6.07, 6.45) is 3.42. The topological polar surface area (TPSA) is 54.0 Å². The zero-order valence-electron chi connectivity index (χ0n) is 8.03. The van der Waals surface area contributed by atoms with E-state index in [0.717, 1.165) is 5.56 Å². The second-order valence-corrected chi connectivity index (χ2v) is 3.53. The van der Waals surface area contributed by atoms with Crippen LogP contribution in [0.15, 0.2) is 24.5 Å². The first-order valence-electron chi connectivity index (χ1n) is 4.71. The first kappa shape index (κ1) is 9.15. The lowest BCUT2D eigenvalue weighted by molar-refractivity contribution is -0.125. The second-order valence-electron chi connectivity index (χ2n) is 3.53. The predicted molar refractivity (Wildman–Crippen MR) is 52.6 cm³/mol. The number of rotatable bonds is 1. The van der Waals surface area contributed by atoms with Crippen molar-refractivity contribution in [2.45, 2.75) is 19.0 Å². The Hall–Kier alpha value is -1.42. The summed E-state index contributed by atoms with van der Waals surface area (Å²) in [5.74, 6) is 0.0242. The molecule has 1 saturated heterocycles. The van der Waals surface area contributed by atoms with Crippen LogP contribution in [-0.4, -0.2) is 23.5 Å². The molecule has 1 aromatic heterocycles. The minimum atomic E-state index is -0.257. The number of hydrogen-bond acceptors (Lipinski definition) is 3. The standard InChI is InChI=1S/C10H13N3O/c1-7-5-12-10(14)9(13-7)8-3-2-4-11-6-8/h2-4,6-7,9,13H,5H2,1H3,(H,12,14). The lowest BCUT2D eigenvalue weighted by Gasteiger charge is -2.28. The van der Waals surface area contributed by atoms with Gasteiger partial charge < -0.3 is 5.32 Å². The molecule has 2 N–H and O–H groups in total. The average molecular weight is 191 g/mol. The molecular formula is C10H13N3O. The van der Waals surface area contributed by atoms with E-state index in [0.29, 0.717) is 12.6 Å². The van der Waals surface area contributed by atoms with Gasteiger partial charge in [-0.25, -0.2) is 0 Å². The largest absolute Gasteiger partial charge is 0.353 e. The van der Waals surface area contributed by atoms with E-state index in [2.05, 4.69) is 15.6 Å². The van der Waals surface area contributed by atoms with E-state index < -0.39 is 0 Å². The number of carbonyl (C=O) groups excluding carboxylic acids is 1. The highest BCUT2D eigenvalue weighted by Crippen LogP contribution is 2.14. The van der Waals surface area contributed by atoms with Gasteiger partial charge in [0.25, 0.3) is 0 Å².